The number of benzene rings is 2. The molecular weight excluding hydrogens is 278 g/mol. The first kappa shape index (κ1) is 14.2. The van der Waals surface area contributed by atoms with Crippen LogP contribution in [0.3, 0.4) is 0 Å². The summed E-state index contributed by atoms with van der Waals surface area (Å²) in [5.74, 6) is 0.194. The SMILES string of the molecule is Cc1ccc2c(c1)SC(C)C(=O)N2Cc1ccccc1C. The van der Waals surface area contributed by atoms with Crippen molar-refractivity contribution in [1.29, 1.82) is 0 Å². The van der Waals surface area contributed by atoms with Crippen molar-refractivity contribution >= 4 is 23.4 Å². The molecule has 2 aromatic carbocycles. The Morgan fingerprint density at radius 1 is 1.14 bits per heavy atom. The highest BCUT2D eigenvalue weighted by Crippen LogP contribution is 2.40. The van der Waals surface area contributed by atoms with Crippen molar-refractivity contribution in [3.8, 4) is 0 Å². The fourth-order valence-corrected chi connectivity index (χ4v) is 3.80. The van der Waals surface area contributed by atoms with E-state index in [4.69, 9.17) is 0 Å². The lowest BCUT2D eigenvalue weighted by Gasteiger charge is -2.33. The van der Waals surface area contributed by atoms with Gasteiger partial charge >= 0.3 is 0 Å². The minimum Gasteiger partial charge on any atom is -0.306 e. The lowest BCUT2D eigenvalue weighted by Crippen LogP contribution is -2.39. The summed E-state index contributed by atoms with van der Waals surface area (Å²) in [6, 6.07) is 14.6. The third-order valence-corrected chi connectivity index (χ3v) is 5.05. The first-order chi connectivity index (χ1) is 10.1. The molecule has 2 aromatic rings. The number of carbonyl (C=O) groups excluding carboxylic acids is 1. The Balaban J connectivity index is 2.01. The number of thioether (sulfide) groups is 1. The maximum Gasteiger partial charge on any atom is 0.240 e. The molecule has 1 heterocycles. The molecule has 0 aromatic heterocycles. The second-order valence-electron chi connectivity index (χ2n) is 5.58. The van der Waals surface area contributed by atoms with Crippen LogP contribution < -0.4 is 4.90 Å². The number of carbonyl (C=O) groups is 1. The van der Waals surface area contributed by atoms with Crippen LogP contribution in [0.15, 0.2) is 47.4 Å². The van der Waals surface area contributed by atoms with Gasteiger partial charge in [0.05, 0.1) is 17.5 Å². The fourth-order valence-electron chi connectivity index (χ4n) is 2.64. The molecule has 1 amide bonds. The van der Waals surface area contributed by atoms with E-state index in [0.717, 1.165) is 5.69 Å². The smallest absolute Gasteiger partial charge is 0.240 e. The molecule has 108 valence electrons. The van der Waals surface area contributed by atoms with Crippen LogP contribution >= 0.6 is 11.8 Å². The molecule has 0 spiro atoms. The van der Waals surface area contributed by atoms with Crippen LogP contribution in [-0.4, -0.2) is 11.2 Å². The maximum absolute atomic E-state index is 12.6. The molecule has 1 aliphatic heterocycles. The third-order valence-electron chi connectivity index (χ3n) is 3.91. The van der Waals surface area contributed by atoms with Crippen LogP contribution in [0.1, 0.15) is 23.6 Å². The summed E-state index contributed by atoms with van der Waals surface area (Å²) in [4.78, 5) is 15.7. The van der Waals surface area contributed by atoms with Gasteiger partial charge in [-0.05, 0) is 49.6 Å². The Morgan fingerprint density at radius 2 is 1.90 bits per heavy atom. The van der Waals surface area contributed by atoms with Crippen LogP contribution in [0.5, 0.6) is 0 Å². The van der Waals surface area contributed by atoms with Gasteiger partial charge in [-0.3, -0.25) is 4.79 Å². The van der Waals surface area contributed by atoms with Gasteiger partial charge in [0, 0.05) is 4.90 Å². The van der Waals surface area contributed by atoms with E-state index in [2.05, 4.69) is 44.2 Å². The Hall–Kier alpha value is -1.74. The normalized spacial score (nSPS) is 17.8. The summed E-state index contributed by atoms with van der Waals surface area (Å²) in [6.45, 7) is 6.82. The molecule has 1 unspecified atom stereocenters. The van der Waals surface area contributed by atoms with Crippen molar-refractivity contribution in [3.63, 3.8) is 0 Å². The molecule has 0 saturated heterocycles. The van der Waals surface area contributed by atoms with E-state index in [-0.39, 0.29) is 11.2 Å². The largest absolute Gasteiger partial charge is 0.306 e. The first-order valence-electron chi connectivity index (χ1n) is 7.19. The molecule has 0 fully saturated rings. The van der Waals surface area contributed by atoms with Crippen LogP contribution in [0, 0.1) is 13.8 Å². The van der Waals surface area contributed by atoms with Crippen molar-refractivity contribution in [2.75, 3.05) is 4.90 Å². The second-order valence-corrected chi connectivity index (χ2v) is 6.96. The highest BCUT2D eigenvalue weighted by atomic mass is 32.2. The standard InChI is InChI=1S/C18H19NOS/c1-12-8-9-16-17(10-12)21-14(3)18(20)19(16)11-15-7-5-4-6-13(15)2/h4-10,14H,11H2,1-3H3. The summed E-state index contributed by atoms with van der Waals surface area (Å²) < 4.78 is 0. The molecule has 0 aliphatic carbocycles. The maximum atomic E-state index is 12.6. The number of anilines is 1. The van der Waals surface area contributed by atoms with E-state index in [9.17, 15) is 4.79 Å². The molecule has 0 saturated carbocycles. The minimum absolute atomic E-state index is 0.0247. The van der Waals surface area contributed by atoms with Gasteiger partial charge in [0.25, 0.3) is 0 Å². The number of hydrogen-bond donors (Lipinski definition) is 0. The van der Waals surface area contributed by atoms with E-state index in [1.807, 2.05) is 24.0 Å². The molecule has 2 nitrogen and oxygen atoms in total. The average Bonchev–Trinajstić information content (AvgIpc) is 2.45. The topological polar surface area (TPSA) is 20.3 Å². The Kier molecular flexibility index (Phi) is 3.77. The average molecular weight is 297 g/mol. The van der Waals surface area contributed by atoms with E-state index in [1.165, 1.54) is 21.6 Å². The lowest BCUT2D eigenvalue weighted by molar-refractivity contribution is -0.118. The highest BCUT2D eigenvalue weighted by molar-refractivity contribution is 8.01. The molecule has 0 N–H and O–H groups in total. The van der Waals surface area contributed by atoms with Crippen LogP contribution in [0.2, 0.25) is 0 Å². The van der Waals surface area contributed by atoms with Crippen LogP contribution in [0.4, 0.5) is 5.69 Å². The van der Waals surface area contributed by atoms with Gasteiger partial charge < -0.3 is 4.90 Å². The predicted octanol–water partition coefficient (Wildman–Crippen LogP) is 4.33. The number of aryl methyl sites for hydroxylation is 2. The number of nitrogens with zero attached hydrogens (tertiary/aromatic N) is 1. The Bertz CT molecular complexity index is 695. The van der Waals surface area contributed by atoms with Gasteiger partial charge in [0.1, 0.15) is 0 Å². The molecule has 3 heteroatoms. The summed E-state index contributed by atoms with van der Waals surface area (Å²) in [6.07, 6.45) is 0. The molecule has 0 radical (unpaired) electrons. The summed E-state index contributed by atoms with van der Waals surface area (Å²) >= 11 is 1.66. The zero-order valence-electron chi connectivity index (χ0n) is 12.6. The monoisotopic (exact) mass is 297 g/mol. The van der Waals surface area contributed by atoms with Crippen molar-refractivity contribution in [2.24, 2.45) is 0 Å². The molecule has 0 bridgehead atoms. The zero-order valence-corrected chi connectivity index (χ0v) is 13.4. The number of fused-ring (bicyclic) bond motifs is 1. The summed E-state index contributed by atoms with van der Waals surface area (Å²) in [5, 5.41) is -0.0247. The van der Waals surface area contributed by atoms with Gasteiger partial charge in [-0.15, -0.1) is 11.8 Å². The lowest BCUT2D eigenvalue weighted by atomic mass is 10.1. The molecule has 21 heavy (non-hydrogen) atoms. The highest BCUT2D eigenvalue weighted by Gasteiger charge is 2.30. The molecular formula is C18H19NOS. The van der Waals surface area contributed by atoms with Gasteiger partial charge in [-0.25, -0.2) is 0 Å². The quantitative estimate of drug-likeness (QED) is 0.822. The fraction of sp³-hybridized carbons (Fsp3) is 0.278. The zero-order chi connectivity index (χ0) is 15.0. The van der Waals surface area contributed by atoms with E-state index >= 15 is 0 Å². The number of amides is 1. The third kappa shape index (κ3) is 2.70. The minimum atomic E-state index is -0.0247. The Morgan fingerprint density at radius 3 is 2.67 bits per heavy atom. The van der Waals surface area contributed by atoms with Gasteiger partial charge in [0.2, 0.25) is 5.91 Å². The van der Waals surface area contributed by atoms with E-state index in [0.29, 0.717) is 6.54 Å². The van der Waals surface area contributed by atoms with Crippen molar-refractivity contribution in [1.82, 2.24) is 0 Å². The van der Waals surface area contributed by atoms with E-state index in [1.54, 1.807) is 11.8 Å². The van der Waals surface area contributed by atoms with Crippen molar-refractivity contribution in [2.45, 2.75) is 37.5 Å². The summed E-state index contributed by atoms with van der Waals surface area (Å²) in [7, 11) is 0. The van der Waals surface area contributed by atoms with Crippen LogP contribution in [0.25, 0.3) is 0 Å². The number of rotatable bonds is 2. The van der Waals surface area contributed by atoms with Crippen molar-refractivity contribution in [3.05, 3.63) is 59.2 Å². The molecule has 3 rings (SSSR count). The van der Waals surface area contributed by atoms with Crippen LogP contribution in [-0.2, 0) is 11.3 Å². The van der Waals surface area contributed by atoms with E-state index < -0.39 is 0 Å². The first-order valence-corrected chi connectivity index (χ1v) is 8.07. The Labute approximate surface area is 130 Å². The molecule has 1 aliphatic rings. The van der Waals surface area contributed by atoms with Gasteiger partial charge in [-0.1, -0.05) is 30.3 Å². The van der Waals surface area contributed by atoms with Gasteiger partial charge in [-0.2, -0.15) is 0 Å². The molecule has 1 atom stereocenters. The van der Waals surface area contributed by atoms with Gasteiger partial charge in [0.15, 0.2) is 0 Å². The van der Waals surface area contributed by atoms with Crippen molar-refractivity contribution < 1.29 is 4.79 Å². The predicted molar refractivity (Wildman–Crippen MR) is 88.9 cm³/mol. The second kappa shape index (κ2) is 5.57. The number of hydrogen-bond acceptors (Lipinski definition) is 2. The summed E-state index contributed by atoms with van der Waals surface area (Å²) in [5.41, 5.74) is 4.71.